The topological polar surface area (TPSA) is 29.5 Å². The first kappa shape index (κ1) is 18.6. The third-order valence-electron chi connectivity index (χ3n) is 2.36. The predicted molar refractivity (Wildman–Crippen MR) is 74.3 cm³/mol. The van der Waals surface area contributed by atoms with Crippen LogP contribution in [0.25, 0.3) is 0 Å². The molecule has 0 aromatic heterocycles. The van der Waals surface area contributed by atoms with Gasteiger partial charge in [0.05, 0.1) is 0 Å². The normalized spacial score (nSPS) is 12.2. The van der Waals surface area contributed by atoms with Crippen LogP contribution in [0, 0.1) is 5.92 Å². The number of carbonyl (C=O) groups excluding carboxylic acids is 1. The number of hydrogen-bond donors (Lipinski definition) is 0. The summed E-state index contributed by atoms with van der Waals surface area (Å²) in [4.78, 5) is 13.2. The van der Waals surface area contributed by atoms with Gasteiger partial charge in [-0.25, -0.2) is 4.79 Å². The van der Waals surface area contributed by atoms with Gasteiger partial charge in [0, 0.05) is 13.6 Å². The minimum Gasteiger partial charge on any atom is -0.444 e. The standard InChI is InChI=1S/C12H25NO2.C2H6/c1-7-10(2)8-9-13(6)11(14)15-12(3,4)5;1-2/h10H,7-9H2,1-6H3;1-2H3. The van der Waals surface area contributed by atoms with Crippen LogP contribution in [0.15, 0.2) is 0 Å². The monoisotopic (exact) mass is 245 g/mol. The zero-order chi connectivity index (χ0) is 14.1. The van der Waals surface area contributed by atoms with Gasteiger partial charge in [0.25, 0.3) is 0 Å². The fraction of sp³-hybridized carbons (Fsp3) is 0.929. The van der Waals surface area contributed by atoms with E-state index in [0.29, 0.717) is 5.92 Å². The largest absolute Gasteiger partial charge is 0.444 e. The quantitative estimate of drug-likeness (QED) is 0.738. The molecule has 1 unspecified atom stereocenters. The molecule has 1 atom stereocenters. The summed E-state index contributed by atoms with van der Waals surface area (Å²) in [5.74, 6) is 0.662. The SMILES string of the molecule is CC.CCC(C)CCN(C)C(=O)OC(C)(C)C. The Hall–Kier alpha value is -0.730. The summed E-state index contributed by atoms with van der Waals surface area (Å²) in [7, 11) is 1.79. The lowest BCUT2D eigenvalue weighted by molar-refractivity contribution is 0.0291. The predicted octanol–water partition coefficient (Wildman–Crippen LogP) is 4.32. The van der Waals surface area contributed by atoms with Crippen LogP contribution in [0.4, 0.5) is 4.79 Å². The van der Waals surface area contributed by atoms with E-state index in [1.807, 2.05) is 34.6 Å². The third kappa shape index (κ3) is 11.5. The number of hydrogen-bond acceptors (Lipinski definition) is 2. The number of nitrogens with zero attached hydrogens (tertiary/aromatic N) is 1. The van der Waals surface area contributed by atoms with Crippen LogP contribution in [0.1, 0.15) is 61.3 Å². The van der Waals surface area contributed by atoms with Gasteiger partial charge in [-0.3, -0.25) is 0 Å². The molecule has 0 saturated heterocycles. The van der Waals surface area contributed by atoms with E-state index in [1.165, 1.54) is 0 Å². The van der Waals surface area contributed by atoms with Gasteiger partial charge in [0.1, 0.15) is 5.60 Å². The molecule has 0 spiro atoms. The summed E-state index contributed by atoms with van der Waals surface area (Å²) in [5.41, 5.74) is -0.401. The molecule has 0 aromatic carbocycles. The van der Waals surface area contributed by atoms with Gasteiger partial charge in [-0.15, -0.1) is 0 Å². The Kier molecular flexibility index (Phi) is 10.2. The second kappa shape index (κ2) is 9.32. The molecule has 0 fully saturated rings. The Bertz CT molecular complexity index is 197. The highest BCUT2D eigenvalue weighted by atomic mass is 16.6. The molecule has 0 aliphatic carbocycles. The second-order valence-corrected chi connectivity index (χ2v) is 5.20. The van der Waals surface area contributed by atoms with Gasteiger partial charge in [0.15, 0.2) is 0 Å². The van der Waals surface area contributed by atoms with Crippen molar-refractivity contribution in [3.63, 3.8) is 0 Å². The molecule has 0 radical (unpaired) electrons. The summed E-state index contributed by atoms with van der Waals surface area (Å²) in [6.07, 6.45) is 1.96. The van der Waals surface area contributed by atoms with Crippen molar-refractivity contribution in [1.82, 2.24) is 4.90 Å². The molecule has 0 aliphatic heterocycles. The van der Waals surface area contributed by atoms with Crippen molar-refractivity contribution in [2.24, 2.45) is 5.92 Å². The Labute approximate surface area is 108 Å². The van der Waals surface area contributed by atoms with E-state index in [4.69, 9.17) is 4.74 Å². The van der Waals surface area contributed by atoms with Crippen molar-refractivity contribution in [2.75, 3.05) is 13.6 Å². The highest BCUT2D eigenvalue weighted by Gasteiger charge is 2.19. The maximum atomic E-state index is 11.6. The van der Waals surface area contributed by atoms with E-state index in [9.17, 15) is 4.79 Å². The van der Waals surface area contributed by atoms with Gasteiger partial charge in [-0.2, -0.15) is 0 Å². The van der Waals surface area contributed by atoms with Crippen LogP contribution in [0.2, 0.25) is 0 Å². The van der Waals surface area contributed by atoms with Gasteiger partial charge in [-0.1, -0.05) is 34.1 Å². The molecule has 17 heavy (non-hydrogen) atoms. The molecule has 0 heterocycles. The summed E-state index contributed by atoms with van der Waals surface area (Å²) in [5, 5.41) is 0. The molecule has 3 nitrogen and oxygen atoms in total. The van der Waals surface area contributed by atoms with Crippen molar-refractivity contribution < 1.29 is 9.53 Å². The highest BCUT2D eigenvalue weighted by Crippen LogP contribution is 2.11. The number of carbonyl (C=O) groups is 1. The molecule has 3 heteroatoms. The molecule has 0 bridgehead atoms. The lowest BCUT2D eigenvalue weighted by Gasteiger charge is -2.25. The summed E-state index contributed by atoms with van der Waals surface area (Å²) in [6, 6.07) is 0. The highest BCUT2D eigenvalue weighted by molar-refractivity contribution is 5.67. The summed E-state index contributed by atoms with van der Waals surface area (Å²) in [6.45, 7) is 14.8. The Morgan fingerprint density at radius 3 is 2.12 bits per heavy atom. The molecule has 0 rings (SSSR count). The van der Waals surface area contributed by atoms with Crippen molar-refractivity contribution in [3.8, 4) is 0 Å². The Balaban J connectivity index is 0. The minimum absolute atomic E-state index is 0.231. The Morgan fingerprint density at radius 1 is 1.29 bits per heavy atom. The summed E-state index contributed by atoms with van der Waals surface area (Å²) >= 11 is 0. The van der Waals surface area contributed by atoms with Crippen LogP contribution >= 0.6 is 0 Å². The molecular formula is C14H31NO2. The number of amides is 1. The van der Waals surface area contributed by atoms with Crippen LogP contribution < -0.4 is 0 Å². The number of ether oxygens (including phenoxy) is 1. The molecule has 104 valence electrons. The van der Waals surface area contributed by atoms with E-state index >= 15 is 0 Å². The zero-order valence-electron chi connectivity index (χ0n) is 13.0. The molecule has 0 saturated carbocycles. The Morgan fingerprint density at radius 2 is 1.76 bits per heavy atom. The van der Waals surface area contributed by atoms with Gasteiger partial charge >= 0.3 is 6.09 Å². The molecular weight excluding hydrogens is 214 g/mol. The van der Waals surface area contributed by atoms with E-state index in [-0.39, 0.29) is 6.09 Å². The van der Waals surface area contributed by atoms with Crippen LogP contribution in [-0.2, 0) is 4.74 Å². The molecule has 0 N–H and O–H groups in total. The van der Waals surface area contributed by atoms with E-state index in [2.05, 4.69) is 13.8 Å². The first-order chi connectivity index (χ1) is 7.76. The molecule has 1 amide bonds. The fourth-order valence-corrected chi connectivity index (χ4v) is 1.05. The average Bonchev–Trinajstić information content (AvgIpc) is 2.25. The minimum atomic E-state index is -0.401. The van der Waals surface area contributed by atoms with Gasteiger partial charge < -0.3 is 9.64 Å². The van der Waals surface area contributed by atoms with Gasteiger partial charge in [0.2, 0.25) is 0 Å². The van der Waals surface area contributed by atoms with E-state index < -0.39 is 5.60 Å². The zero-order valence-corrected chi connectivity index (χ0v) is 13.0. The lowest BCUT2D eigenvalue weighted by Crippen LogP contribution is -2.35. The fourth-order valence-electron chi connectivity index (χ4n) is 1.05. The maximum absolute atomic E-state index is 11.6. The van der Waals surface area contributed by atoms with Crippen LogP contribution in [0.3, 0.4) is 0 Å². The van der Waals surface area contributed by atoms with E-state index in [0.717, 1.165) is 19.4 Å². The van der Waals surface area contributed by atoms with Gasteiger partial charge in [-0.05, 0) is 33.1 Å². The lowest BCUT2D eigenvalue weighted by atomic mass is 10.1. The van der Waals surface area contributed by atoms with Crippen molar-refractivity contribution in [2.45, 2.75) is 66.9 Å². The molecule has 0 aliphatic rings. The van der Waals surface area contributed by atoms with Crippen molar-refractivity contribution in [1.29, 1.82) is 0 Å². The van der Waals surface area contributed by atoms with Crippen LogP contribution in [0.5, 0.6) is 0 Å². The first-order valence-corrected chi connectivity index (χ1v) is 6.70. The average molecular weight is 245 g/mol. The maximum Gasteiger partial charge on any atom is 0.410 e. The third-order valence-corrected chi connectivity index (χ3v) is 2.36. The van der Waals surface area contributed by atoms with Crippen LogP contribution in [-0.4, -0.2) is 30.2 Å². The number of rotatable bonds is 4. The van der Waals surface area contributed by atoms with E-state index in [1.54, 1.807) is 11.9 Å². The second-order valence-electron chi connectivity index (χ2n) is 5.20. The molecule has 0 aromatic rings. The van der Waals surface area contributed by atoms with Crippen molar-refractivity contribution in [3.05, 3.63) is 0 Å². The summed E-state index contributed by atoms with van der Waals surface area (Å²) < 4.78 is 5.25. The smallest absolute Gasteiger partial charge is 0.410 e. The first-order valence-electron chi connectivity index (χ1n) is 6.70. The van der Waals surface area contributed by atoms with Crippen molar-refractivity contribution >= 4 is 6.09 Å².